The lowest BCUT2D eigenvalue weighted by atomic mass is 9.92. The molecule has 1 aromatic heterocycles. The summed E-state index contributed by atoms with van der Waals surface area (Å²) >= 11 is 5.65. The Labute approximate surface area is 99.6 Å². The molecule has 3 nitrogen and oxygen atoms in total. The van der Waals surface area contributed by atoms with Crippen LogP contribution in [0.5, 0.6) is 0 Å². The summed E-state index contributed by atoms with van der Waals surface area (Å²) in [4.78, 5) is 9.57. The highest BCUT2D eigenvalue weighted by molar-refractivity contribution is 6.29. The number of rotatable bonds is 1. The molecule has 1 aliphatic heterocycles. The van der Waals surface area contributed by atoms with Crippen molar-refractivity contribution in [1.82, 2.24) is 9.97 Å². The molecule has 1 fully saturated rings. The minimum Gasteiger partial charge on any atom is -0.354 e. The van der Waals surface area contributed by atoms with Crippen LogP contribution in [-0.4, -0.2) is 23.1 Å². The van der Waals surface area contributed by atoms with Crippen molar-refractivity contribution in [2.45, 2.75) is 20.3 Å². The van der Waals surface area contributed by atoms with Crippen molar-refractivity contribution in [2.24, 2.45) is 11.8 Å². The molecule has 1 saturated heterocycles. The lowest BCUT2D eigenvalue weighted by Crippen LogP contribution is -2.39. The SMILES string of the molecule is CC1CC(C)CN(c2ncnc(Cl)c2F)C1. The third-order valence-electron chi connectivity index (χ3n) is 2.90. The van der Waals surface area contributed by atoms with E-state index in [1.807, 2.05) is 4.90 Å². The Kier molecular flexibility index (Phi) is 3.28. The monoisotopic (exact) mass is 243 g/mol. The third kappa shape index (κ3) is 2.26. The maximum absolute atomic E-state index is 13.7. The van der Waals surface area contributed by atoms with Gasteiger partial charge in [-0.2, -0.15) is 4.39 Å². The van der Waals surface area contributed by atoms with Gasteiger partial charge in [-0.3, -0.25) is 0 Å². The molecule has 0 radical (unpaired) electrons. The molecule has 16 heavy (non-hydrogen) atoms. The van der Waals surface area contributed by atoms with E-state index in [1.165, 1.54) is 12.7 Å². The molecular formula is C11H15ClFN3. The normalized spacial score (nSPS) is 25.9. The zero-order valence-electron chi connectivity index (χ0n) is 9.45. The second-order valence-corrected chi connectivity index (χ2v) is 5.01. The van der Waals surface area contributed by atoms with Crippen molar-refractivity contribution in [1.29, 1.82) is 0 Å². The Morgan fingerprint density at radius 1 is 1.31 bits per heavy atom. The van der Waals surface area contributed by atoms with Gasteiger partial charge in [0, 0.05) is 13.1 Å². The van der Waals surface area contributed by atoms with E-state index in [2.05, 4.69) is 23.8 Å². The largest absolute Gasteiger partial charge is 0.354 e. The highest BCUT2D eigenvalue weighted by atomic mass is 35.5. The molecule has 2 atom stereocenters. The van der Waals surface area contributed by atoms with Gasteiger partial charge in [-0.15, -0.1) is 0 Å². The van der Waals surface area contributed by atoms with E-state index in [0.717, 1.165) is 13.1 Å². The van der Waals surface area contributed by atoms with E-state index in [-0.39, 0.29) is 5.15 Å². The van der Waals surface area contributed by atoms with Crippen molar-refractivity contribution >= 4 is 17.4 Å². The van der Waals surface area contributed by atoms with E-state index in [1.54, 1.807) is 0 Å². The zero-order chi connectivity index (χ0) is 11.7. The topological polar surface area (TPSA) is 29.0 Å². The van der Waals surface area contributed by atoms with Crippen LogP contribution in [-0.2, 0) is 0 Å². The van der Waals surface area contributed by atoms with Crippen molar-refractivity contribution < 1.29 is 4.39 Å². The molecule has 1 aliphatic rings. The fourth-order valence-corrected chi connectivity index (χ4v) is 2.52. The van der Waals surface area contributed by atoms with Crippen LogP contribution in [0.1, 0.15) is 20.3 Å². The van der Waals surface area contributed by atoms with E-state index >= 15 is 0 Å². The maximum Gasteiger partial charge on any atom is 0.202 e. The smallest absolute Gasteiger partial charge is 0.202 e. The van der Waals surface area contributed by atoms with Crippen LogP contribution in [0.25, 0.3) is 0 Å². The maximum atomic E-state index is 13.7. The number of halogens is 2. The summed E-state index contributed by atoms with van der Waals surface area (Å²) < 4.78 is 13.7. The molecule has 0 aromatic carbocycles. The first-order valence-corrected chi connectivity index (χ1v) is 5.86. The van der Waals surface area contributed by atoms with Gasteiger partial charge in [0.1, 0.15) is 6.33 Å². The molecule has 0 aliphatic carbocycles. The molecule has 5 heteroatoms. The van der Waals surface area contributed by atoms with Gasteiger partial charge in [0.05, 0.1) is 0 Å². The molecule has 1 aromatic rings. The Bertz CT molecular complexity index is 375. The summed E-state index contributed by atoms with van der Waals surface area (Å²) in [6.45, 7) is 6.00. The number of nitrogens with zero attached hydrogens (tertiary/aromatic N) is 3. The van der Waals surface area contributed by atoms with Gasteiger partial charge in [0.2, 0.25) is 5.82 Å². The van der Waals surface area contributed by atoms with Crippen molar-refractivity contribution in [3.63, 3.8) is 0 Å². The fourth-order valence-electron chi connectivity index (χ4n) is 2.40. The molecule has 0 spiro atoms. The fraction of sp³-hybridized carbons (Fsp3) is 0.636. The van der Waals surface area contributed by atoms with Gasteiger partial charge in [-0.1, -0.05) is 25.4 Å². The Balaban J connectivity index is 2.26. The highest BCUT2D eigenvalue weighted by Crippen LogP contribution is 2.28. The Hall–Kier alpha value is -0.900. The summed E-state index contributed by atoms with van der Waals surface area (Å²) in [7, 11) is 0. The summed E-state index contributed by atoms with van der Waals surface area (Å²) in [5.41, 5.74) is 0. The summed E-state index contributed by atoms with van der Waals surface area (Å²) in [5.74, 6) is 0.928. The minimum absolute atomic E-state index is 0.101. The van der Waals surface area contributed by atoms with Crippen LogP contribution in [0.15, 0.2) is 6.33 Å². The quantitative estimate of drug-likeness (QED) is 0.711. The van der Waals surface area contributed by atoms with Gasteiger partial charge in [0.25, 0.3) is 0 Å². The molecule has 0 N–H and O–H groups in total. The van der Waals surface area contributed by atoms with Crippen molar-refractivity contribution in [3.05, 3.63) is 17.3 Å². The second kappa shape index (κ2) is 4.53. The van der Waals surface area contributed by atoms with Crippen LogP contribution in [0.2, 0.25) is 5.15 Å². The number of piperidine rings is 1. The number of hydrogen-bond donors (Lipinski definition) is 0. The third-order valence-corrected chi connectivity index (χ3v) is 3.16. The summed E-state index contributed by atoms with van der Waals surface area (Å²) in [5, 5.41) is -0.101. The van der Waals surface area contributed by atoms with Gasteiger partial charge < -0.3 is 4.90 Å². The lowest BCUT2D eigenvalue weighted by Gasteiger charge is -2.35. The van der Waals surface area contributed by atoms with Crippen molar-refractivity contribution in [3.8, 4) is 0 Å². The number of hydrogen-bond acceptors (Lipinski definition) is 3. The first-order chi connectivity index (χ1) is 7.58. The van der Waals surface area contributed by atoms with Crippen LogP contribution < -0.4 is 4.90 Å². The standard InChI is InChI=1S/C11H15ClFN3/c1-7-3-8(2)5-16(4-7)11-9(13)10(12)14-6-15-11/h6-8H,3-5H2,1-2H3. The van der Waals surface area contributed by atoms with Gasteiger partial charge in [-0.25, -0.2) is 9.97 Å². The molecule has 88 valence electrons. The van der Waals surface area contributed by atoms with Crippen LogP contribution in [0.4, 0.5) is 10.2 Å². The number of anilines is 1. The molecule has 2 rings (SSSR count). The average Bonchev–Trinajstić information content (AvgIpc) is 2.20. The van der Waals surface area contributed by atoms with E-state index < -0.39 is 5.82 Å². The predicted molar refractivity (Wildman–Crippen MR) is 62.2 cm³/mol. The van der Waals surface area contributed by atoms with E-state index in [4.69, 9.17) is 11.6 Å². The van der Waals surface area contributed by atoms with Crippen LogP contribution in [0.3, 0.4) is 0 Å². The summed E-state index contributed by atoms with van der Waals surface area (Å²) in [6, 6.07) is 0. The zero-order valence-corrected chi connectivity index (χ0v) is 10.2. The minimum atomic E-state index is -0.509. The van der Waals surface area contributed by atoms with Crippen molar-refractivity contribution in [2.75, 3.05) is 18.0 Å². The molecule has 2 heterocycles. The van der Waals surface area contributed by atoms with Gasteiger partial charge >= 0.3 is 0 Å². The highest BCUT2D eigenvalue weighted by Gasteiger charge is 2.25. The second-order valence-electron chi connectivity index (χ2n) is 4.65. The Morgan fingerprint density at radius 3 is 2.56 bits per heavy atom. The molecule has 2 unspecified atom stereocenters. The van der Waals surface area contributed by atoms with Crippen LogP contribution in [0, 0.1) is 17.7 Å². The molecule has 0 amide bonds. The Morgan fingerprint density at radius 2 is 1.94 bits per heavy atom. The predicted octanol–water partition coefficient (Wildman–Crippen LogP) is 2.75. The molecule has 0 saturated carbocycles. The summed E-state index contributed by atoms with van der Waals surface area (Å²) in [6.07, 6.45) is 2.49. The number of aromatic nitrogens is 2. The lowest BCUT2D eigenvalue weighted by molar-refractivity contribution is 0.352. The first-order valence-electron chi connectivity index (χ1n) is 5.49. The average molecular weight is 244 g/mol. The van der Waals surface area contributed by atoms with Gasteiger partial charge in [-0.05, 0) is 18.3 Å². The van der Waals surface area contributed by atoms with Crippen LogP contribution >= 0.6 is 11.6 Å². The van der Waals surface area contributed by atoms with E-state index in [9.17, 15) is 4.39 Å². The first kappa shape index (κ1) is 11.6. The molecule has 0 bridgehead atoms. The molecular weight excluding hydrogens is 229 g/mol. The van der Waals surface area contributed by atoms with Gasteiger partial charge in [0.15, 0.2) is 11.0 Å². The van der Waals surface area contributed by atoms with E-state index in [0.29, 0.717) is 17.7 Å².